The summed E-state index contributed by atoms with van der Waals surface area (Å²) in [4.78, 5) is 13.5. The number of likely N-dealkylation sites (N-methyl/N-ethyl adjacent to an activating group) is 1. The van der Waals surface area contributed by atoms with Crippen LogP contribution in [0.4, 0.5) is 0 Å². The molecule has 0 spiro atoms. The van der Waals surface area contributed by atoms with Crippen LogP contribution in [-0.4, -0.2) is 49.6 Å². The molecule has 1 rings (SSSR count). The number of nitriles is 1. The molecule has 1 amide bonds. The summed E-state index contributed by atoms with van der Waals surface area (Å²) in [5.41, 5.74) is 0. The van der Waals surface area contributed by atoms with E-state index >= 15 is 0 Å². The first kappa shape index (κ1) is 12.9. The van der Waals surface area contributed by atoms with Gasteiger partial charge in [0.15, 0.2) is 0 Å². The Balaban J connectivity index is 2.05. The lowest BCUT2D eigenvalue weighted by Gasteiger charge is -2.24. The molecule has 1 unspecified atom stereocenters. The second kappa shape index (κ2) is 6.46. The van der Waals surface area contributed by atoms with Crippen molar-refractivity contribution >= 4 is 5.91 Å². The smallest absolute Gasteiger partial charge is 0.234 e. The minimum atomic E-state index is -0.122. The standard InChI is InChI=1S/C11H20N4O/c1-9(15(2)10-3-4-10)7-13-8-11(16)14-6-5-12/h9-10,13H,3-4,6-8H2,1-2H3,(H,14,16). The molecule has 0 aliphatic heterocycles. The van der Waals surface area contributed by atoms with E-state index in [-0.39, 0.29) is 19.0 Å². The van der Waals surface area contributed by atoms with Gasteiger partial charge in [-0.2, -0.15) is 5.26 Å². The summed E-state index contributed by atoms with van der Waals surface area (Å²) in [7, 11) is 2.12. The number of amides is 1. The lowest BCUT2D eigenvalue weighted by molar-refractivity contribution is -0.120. The Labute approximate surface area is 96.8 Å². The van der Waals surface area contributed by atoms with Crippen molar-refractivity contribution in [3.8, 4) is 6.07 Å². The summed E-state index contributed by atoms with van der Waals surface area (Å²) in [5.74, 6) is -0.122. The number of hydrogen-bond donors (Lipinski definition) is 2. The van der Waals surface area contributed by atoms with Gasteiger partial charge in [0.25, 0.3) is 0 Å². The van der Waals surface area contributed by atoms with E-state index in [1.807, 2.05) is 6.07 Å². The van der Waals surface area contributed by atoms with Crippen LogP contribution in [0.15, 0.2) is 0 Å². The third-order valence-electron chi connectivity index (χ3n) is 2.91. The van der Waals surface area contributed by atoms with Gasteiger partial charge in [0, 0.05) is 18.6 Å². The first-order chi connectivity index (χ1) is 7.65. The molecule has 0 heterocycles. The molecule has 0 saturated heterocycles. The van der Waals surface area contributed by atoms with Crippen molar-refractivity contribution in [2.24, 2.45) is 0 Å². The highest BCUT2D eigenvalue weighted by Gasteiger charge is 2.28. The third kappa shape index (κ3) is 4.60. The molecule has 2 N–H and O–H groups in total. The first-order valence-electron chi connectivity index (χ1n) is 5.71. The van der Waals surface area contributed by atoms with Gasteiger partial charge in [0.1, 0.15) is 6.54 Å². The van der Waals surface area contributed by atoms with Gasteiger partial charge in [0.2, 0.25) is 5.91 Å². The maximum Gasteiger partial charge on any atom is 0.234 e. The molecular formula is C11H20N4O. The van der Waals surface area contributed by atoms with E-state index in [9.17, 15) is 4.79 Å². The summed E-state index contributed by atoms with van der Waals surface area (Å²) in [6.07, 6.45) is 2.59. The summed E-state index contributed by atoms with van der Waals surface area (Å²) in [6.45, 7) is 3.31. The van der Waals surface area contributed by atoms with E-state index in [0.29, 0.717) is 6.04 Å². The second-order valence-electron chi connectivity index (χ2n) is 4.31. The number of carbonyl (C=O) groups excluding carboxylic acids is 1. The van der Waals surface area contributed by atoms with Gasteiger partial charge in [0.05, 0.1) is 12.6 Å². The Hall–Kier alpha value is -1.12. The van der Waals surface area contributed by atoms with Crippen LogP contribution in [0.25, 0.3) is 0 Å². The van der Waals surface area contributed by atoms with E-state index < -0.39 is 0 Å². The Morgan fingerprint density at radius 2 is 2.31 bits per heavy atom. The molecule has 5 nitrogen and oxygen atoms in total. The molecule has 1 fully saturated rings. The fraction of sp³-hybridized carbons (Fsp3) is 0.818. The summed E-state index contributed by atoms with van der Waals surface area (Å²) in [6, 6.07) is 3.05. The van der Waals surface area contributed by atoms with E-state index in [4.69, 9.17) is 5.26 Å². The molecule has 0 bridgehead atoms. The first-order valence-corrected chi connectivity index (χ1v) is 5.71. The average Bonchev–Trinajstić information content (AvgIpc) is 3.08. The van der Waals surface area contributed by atoms with E-state index in [1.165, 1.54) is 12.8 Å². The van der Waals surface area contributed by atoms with E-state index in [2.05, 4.69) is 29.5 Å². The van der Waals surface area contributed by atoms with Crippen LogP contribution in [-0.2, 0) is 4.79 Å². The van der Waals surface area contributed by atoms with Gasteiger partial charge >= 0.3 is 0 Å². The maximum absolute atomic E-state index is 11.2. The normalized spacial score (nSPS) is 16.9. The van der Waals surface area contributed by atoms with Crippen LogP contribution in [0, 0.1) is 11.3 Å². The largest absolute Gasteiger partial charge is 0.342 e. The fourth-order valence-electron chi connectivity index (χ4n) is 1.58. The fourth-order valence-corrected chi connectivity index (χ4v) is 1.58. The second-order valence-corrected chi connectivity index (χ2v) is 4.31. The van der Waals surface area contributed by atoms with Gasteiger partial charge in [-0.25, -0.2) is 0 Å². The quantitative estimate of drug-likeness (QED) is 0.583. The Morgan fingerprint density at radius 1 is 1.62 bits per heavy atom. The van der Waals surface area contributed by atoms with Gasteiger partial charge in [-0.1, -0.05) is 0 Å². The lowest BCUT2D eigenvalue weighted by atomic mass is 10.3. The minimum absolute atomic E-state index is 0.0814. The zero-order valence-corrected chi connectivity index (χ0v) is 9.99. The lowest BCUT2D eigenvalue weighted by Crippen LogP contribution is -2.42. The van der Waals surface area contributed by atoms with Gasteiger partial charge < -0.3 is 10.6 Å². The highest BCUT2D eigenvalue weighted by atomic mass is 16.1. The average molecular weight is 224 g/mol. The van der Waals surface area contributed by atoms with Crippen LogP contribution < -0.4 is 10.6 Å². The summed E-state index contributed by atoms with van der Waals surface area (Å²) in [5, 5.41) is 13.9. The number of carbonyl (C=O) groups is 1. The molecule has 1 atom stereocenters. The number of hydrogen-bond acceptors (Lipinski definition) is 4. The minimum Gasteiger partial charge on any atom is -0.342 e. The topological polar surface area (TPSA) is 68.2 Å². The molecule has 0 radical (unpaired) electrons. The van der Waals surface area contributed by atoms with Crippen LogP contribution in [0.5, 0.6) is 0 Å². The number of nitrogens with one attached hydrogen (secondary N) is 2. The third-order valence-corrected chi connectivity index (χ3v) is 2.91. The predicted molar refractivity (Wildman–Crippen MR) is 61.7 cm³/mol. The van der Waals surface area contributed by atoms with Crippen molar-refractivity contribution in [3.05, 3.63) is 0 Å². The molecule has 5 heteroatoms. The van der Waals surface area contributed by atoms with Gasteiger partial charge in [-0.15, -0.1) is 0 Å². The highest BCUT2D eigenvalue weighted by molar-refractivity contribution is 5.78. The number of rotatable bonds is 7. The number of nitrogens with zero attached hydrogens (tertiary/aromatic N) is 2. The predicted octanol–water partition coefficient (Wildman–Crippen LogP) is -0.302. The molecule has 0 aromatic rings. The SMILES string of the molecule is CC(CNCC(=O)NCC#N)N(C)C1CC1. The molecule has 1 saturated carbocycles. The summed E-state index contributed by atoms with van der Waals surface area (Å²) >= 11 is 0. The molecule has 1 aliphatic rings. The van der Waals surface area contributed by atoms with Crippen molar-refractivity contribution in [3.63, 3.8) is 0 Å². The van der Waals surface area contributed by atoms with E-state index in [1.54, 1.807) is 0 Å². The van der Waals surface area contributed by atoms with Crippen LogP contribution in [0.2, 0.25) is 0 Å². The maximum atomic E-state index is 11.2. The zero-order valence-electron chi connectivity index (χ0n) is 9.99. The van der Waals surface area contributed by atoms with Crippen LogP contribution >= 0.6 is 0 Å². The summed E-state index contributed by atoms with van der Waals surface area (Å²) < 4.78 is 0. The molecule has 1 aliphatic carbocycles. The Kier molecular flexibility index (Phi) is 5.23. The molecule has 90 valence electrons. The van der Waals surface area contributed by atoms with Crippen molar-refractivity contribution in [1.82, 2.24) is 15.5 Å². The van der Waals surface area contributed by atoms with Crippen LogP contribution in [0.1, 0.15) is 19.8 Å². The van der Waals surface area contributed by atoms with E-state index in [0.717, 1.165) is 12.6 Å². The van der Waals surface area contributed by atoms with Gasteiger partial charge in [-0.05, 0) is 26.8 Å². The monoisotopic (exact) mass is 224 g/mol. The van der Waals surface area contributed by atoms with Gasteiger partial charge in [-0.3, -0.25) is 9.69 Å². The zero-order chi connectivity index (χ0) is 12.0. The molecular weight excluding hydrogens is 204 g/mol. The van der Waals surface area contributed by atoms with Crippen LogP contribution in [0.3, 0.4) is 0 Å². The van der Waals surface area contributed by atoms with Crippen molar-refractivity contribution < 1.29 is 4.79 Å². The molecule has 0 aromatic carbocycles. The molecule has 16 heavy (non-hydrogen) atoms. The van der Waals surface area contributed by atoms with Crippen molar-refractivity contribution in [1.29, 1.82) is 5.26 Å². The molecule has 0 aromatic heterocycles. The highest BCUT2D eigenvalue weighted by Crippen LogP contribution is 2.26. The Bertz CT molecular complexity index is 270. The van der Waals surface area contributed by atoms with Crippen molar-refractivity contribution in [2.75, 3.05) is 26.7 Å². The Morgan fingerprint density at radius 3 is 2.88 bits per heavy atom. The van der Waals surface area contributed by atoms with Crippen molar-refractivity contribution in [2.45, 2.75) is 31.8 Å².